The molecule has 20 heavy (non-hydrogen) atoms. The van der Waals surface area contributed by atoms with Crippen molar-refractivity contribution < 1.29 is 0 Å². The average molecular weight is 274 g/mol. The third kappa shape index (κ3) is 3.54. The molecule has 0 aliphatic heterocycles. The van der Waals surface area contributed by atoms with Gasteiger partial charge in [0.05, 0.1) is 0 Å². The molecule has 1 saturated carbocycles. The van der Waals surface area contributed by atoms with E-state index in [-0.39, 0.29) is 0 Å². The molecule has 2 nitrogen and oxygen atoms in total. The number of hydrogen-bond acceptors (Lipinski definition) is 2. The van der Waals surface area contributed by atoms with Gasteiger partial charge in [0.25, 0.3) is 0 Å². The van der Waals surface area contributed by atoms with Gasteiger partial charge in [-0.25, -0.2) is 0 Å². The Labute approximate surface area is 124 Å². The fourth-order valence-corrected chi connectivity index (χ4v) is 3.39. The fourth-order valence-electron chi connectivity index (χ4n) is 3.39. The highest BCUT2D eigenvalue weighted by Gasteiger charge is 2.21. The van der Waals surface area contributed by atoms with Gasteiger partial charge in [0, 0.05) is 24.8 Å². The first-order chi connectivity index (χ1) is 9.65. The van der Waals surface area contributed by atoms with Crippen molar-refractivity contribution in [2.24, 2.45) is 5.92 Å². The van der Waals surface area contributed by atoms with E-state index >= 15 is 0 Å². The van der Waals surface area contributed by atoms with Crippen LogP contribution >= 0.6 is 0 Å². The quantitative estimate of drug-likeness (QED) is 0.857. The fraction of sp³-hybridized carbons (Fsp3) is 0.667. The van der Waals surface area contributed by atoms with Crippen LogP contribution in [0, 0.1) is 5.92 Å². The van der Waals surface area contributed by atoms with E-state index in [9.17, 15) is 0 Å². The van der Waals surface area contributed by atoms with Gasteiger partial charge in [-0.05, 0) is 62.8 Å². The van der Waals surface area contributed by atoms with Gasteiger partial charge in [-0.15, -0.1) is 0 Å². The zero-order chi connectivity index (χ0) is 14.5. The van der Waals surface area contributed by atoms with Crippen LogP contribution in [0.15, 0.2) is 24.3 Å². The summed E-state index contributed by atoms with van der Waals surface area (Å²) >= 11 is 0. The minimum atomic E-state index is 0.477. The Kier molecular flexibility index (Phi) is 5.47. The predicted molar refractivity (Wildman–Crippen MR) is 88.4 cm³/mol. The molecule has 1 aromatic rings. The Morgan fingerprint density at radius 2 is 1.75 bits per heavy atom. The lowest BCUT2D eigenvalue weighted by molar-refractivity contribution is 0.341. The molecular weight excluding hydrogens is 244 g/mol. The third-order valence-electron chi connectivity index (χ3n) is 4.99. The molecule has 1 aliphatic rings. The molecule has 0 saturated heterocycles. The Balaban J connectivity index is 2.02. The second-order valence-electron chi connectivity index (χ2n) is 6.37. The van der Waals surface area contributed by atoms with E-state index in [1.54, 1.807) is 0 Å². The summed E-state index contributed by atoms with van der Waals surface area (Å²) in [7, 11) is 4.29. The van der Waals surface area contributed by atoms with Crippen molar-refractivity contribution in [2.75, 3.05) is 19.0 Å². The van der Waals surface area contributed by atoms with Crippen LogP contribution in [-0.4, -0.2) is 20.1 Å². The topological polar surface area (TPSA) is 15.3 Å². The summed E-state index contributed by atoms with van der Waals surface area (Å²) in [6.45, 7) is 4.61. The number of benzene rings is 1. The maximum absolute atomic E-state index is 3.37. The second-order valence-corrected chi connectivity index (χ2v) is 6.37. The lowest BCUT2D eigenvalue weighted by Crippen LogP contribution is -2.34. The normalized spacial score (nSPS) is 24.4. The van der Waals surface area contributed by atoms with Gasteiger partial charge in [-0.3, -0.25) is 0 Å². The van der Waals surface area contributed by atoms with Gasteiger partial charge in [0.15, 0.2) is 0 Å². The summed E-state index contributed by atoms with van der Waals surface area (Å²) in [4.78, 5) is 2.48. The average Bonchev–Trinajstić information content (AvgIpc) is 2.49. The number of nitrogens with one attached hydrogen (secondary N) is 1. The molecule has 0 spiro atoms. The maximum Gasteiger partial charge on any atom is 0.0366 e. The lowest BCUT2D eigenvalue weighted by Gasteiger charge is -2.35. The Morgan fingerprint density at radius 1 is 1.15 bits per heavy atom. The van der Waals surface area contributed by atoms with E-state index in [4.69, 9.17) is 0 Å². The van der Waals surface area contributed by atoms with Crippen molar-refractivity contribution in [1.29, 1.82) is 0 Å². The standard InChI is InChI=1S/C18H30N2/c1-5-18(19-3)15-8-12-17(13-9-15)20(4)16-10-6-14(2)7-11-16/h8-9,12-14,16,18-19H,5-7,10-11H2,1-4H3. The van der Waals surface area contributed by atoms with Crippen LogP contribution < -0.4 is 10.2 Å². The molecule has 1 fully saturated rings. The molecule has 0 aromatic heterocycles. The molecule has 2 rings (SSSR count). The van der Waals surface area contributed by atoms with Crippen molar-refractivity contribution in [3.8, 4) is 0 Å². The van der Waals surface area contributed by atoms with Gasteiger partial charge in [-0.2, -0.15) is 0 Å². The highest BCUT2D eigenvalue weighted by Crippen LogP contribution is 2.30. The van der Waals surface area contributed by atoms with E-state index in [0.717, 1.165) is 18.4 Å². The summed E-state index contributed by atoms with van der Waals surface area (Å²) in [5.41, 5.74) is 2.75. The Morgan fingerprint density at radius 3 is 2.25 bits per heavy atom. The second kappa shape index (κ2) is 7.12. The Hall–Kier alpha value is -1.02. The molecular formula is C18H30N2. The number of anilines is 1. The number of nitrogens with zero attached hydrogens (tertiary/aromatic N) is 1. The molecule has 1 unspecified atom stereocenters. The molecule has 2 heteroatoms. The van der Waals surface area contributed by atoms with E-state index in [1.165, 1.54) is 36.9 Å². The minimum absolute atomic E-state index is 0.477. The largest absolute Gasteiger partial charge is 0.372 e. The molecule has 1 N–H and O–H groups in total. The molecule has 0 amide bonds. The summed E-state index contributed by atoms with van der Waals surface area (Å²) in [5, 5.41) is 3.37. The van der Waals surface area contributed by atoms with Gasteiger partial charge in [-0.1, -0.05) is 26.0 Å². The number of rotatable bonds is 5. The van der Waals surface area contributed by atoms with Crippen LogP contribution in [0.25, 0.3) is 0 Å². The zero-order valence-electron chi connectivity index (χ0n) is 13.5. The Bertz CT molecular complexity index is 386. The molecule has 0 heterocycles. The van der Waals surface area contributed by atoms with E-state index in [0.29, 0.717) is 6.04 Å². The van der Waals surface area contributed by atoms with Crippen molar-refractivity contribution in [3.05, 3.63) is 29.8 Å². The summed E-state index contributed by atoms with van der Waals surface area (Å²) in [6, 6.07) is 10.3. The van der Waals surface area contributed by atoms with E-state index in [2.05, 4.69) is 55.4 Å². The van der Waals surface area contributed by atoms with Crippen molar-refractivity contribution in [3.63, 3.8) is 0 Å². The summed E-state index contributed by atoms with van der Waals surface area (Å²) < 4.78 is 0. The van der Waals surface area contributed by atoms with Crippen LogP contribution in [0.1, 0.15) is 57.6 Å². The molecule has 0 radical (unpaired) electrons. The zero-order valence-corrected chi connectivity index (χ0v) is 13.5. The molecule has 1 aliphatic carbocycles. The molecule has 1 atom stereocenters. The van der Waals surface area contributed by atoms with Crippen molar-refractivity contribution >= 4 is 5.69 Å². The first-order valence-electron chi connectivity index (χ1n) is 8.15. The van der Waals surface area contributed by atoms with Crippen LogP contribution in [0.3, 0.4) is 0 Å². The smallest absolute Gasteiger partial charge is 0.0366 e. The van der Waals surface area contributed by atoms with Crippen LogP contribution in [0.5, 0.6) is 0 Å². The van der Waals surface area contributed by atoms with Gasteiger partial charge >= 0.3 is 0 Å². The predicted octanol–water partition coefficient (Wildman–Crippen LogP) is 4.37. The van der Waals surface area contributed by atoms with Crippen LogP contribution in [0.4, 0.5) is 5.69 Å². The maximum atomic E-state index is 3.37. The van der Waals surface area contributed by atoms with Gasteiger partial charge in [0.1, 0.15) is 0 Å². The van der Waals surface area contributed by atoms with E-state index in [1.807, 2.05) is 7.05 Å². The van der Waals surface area contributed by atoms with Crippen LogP contribution in [0.2, 0.25) is 0 Å². The highest BCUT2D eigenvalue weighted by atomic mass is 15.1. The number of hydrogen-bond donors (Lipinski definition) is 1. The van der Waals surface area contributed by atoms with Crippen LogP contribution in [-0.2, 0) is 0 Å². The van der Waals surface area contributed by atoms with Gasteiger partial charge < -0.3 is 10.2 Å². The van der Waals surface area contributed by atoms with Crippen molar-refractivity contribution in [2.45, 2.75) is 58.0 Å². The molecule has 112 valence electrons. The van der Waals surface area contributed by atoms with E-state index < -0.39 is 0 Å². The summed E-state index contributed by atoms with van der Waals surface area (Å²) in [6.07, 6.45) is 6.57. The summed E-state index contributed by atoms with van der Waals surface area (Å²) in [5.74, 6) is 0.919. The monoisotopic (exact) mass is 274 g/mol. The first kappa shape index (κ1) is 15.4. The third-order valence-corrected chi connectivity index (χ3v) is 4.99. The lowest BCUT2D eigenvalue weighted by atomic mass is 9.86. The molecule has 0 bridgehead atoms. The van der Waals surface area contributed by atoms with Gasteiger partial charge in [0.2, 0.25) is 0 Å². The molecule has 1 aromatic carbocycles. The minimum Gasteiger partial charge on any atom is -0.372 e. The first-order valence-corrected chi connectivity index (χ1v) is 8.15. The highest BCUT2D eigenvalue weighted by molar-refractivity contribution is 5.48. The van der Waals surface area contributed by atoms with Crippen molar-refractivity contribution in [1.82, 2.24) is 5.32 Å². The SMILES string of the molecule is CCC(NC)c1ccc(N(C)C2CCC(C)CC2)cc1.